The van der Waals surface area contributed by atoms with E-state index in [0.717, 1.165) is 5.39 Å². The first-order valence-corrected chi connectivity index (χ1v) is 7.84. The zero-order valence-electron chi connectivity index (χ0n) is 13.7. The third-order valence-electron chi connectivity index (χ3n) is 3.81. The van der Waals surface area contributed by atoms with Crippen LogP contribution in [0.15, 0.2) is 59.0 Å². The SMILES string of the molecule is CC(NC(=O)c1oc2ccccc2c1COc1ccccc1)C(N)=O. The molecule has 0 bridgehead atoms. The second-order valence-electron chi connectivity index (χ2n) is 5.61. The third kappa shape index (κ3) is 3.63. The molecule has 2 amide bonds. The summed E-state index contributed by atoms with van der Waals surface area (Å²) < 4.78 is 11.5. The number of amides is 2. The number of nitrogens with one attached hydrogen (secondary N) is 1. The Labute approximate surface area is 144 Å². The molecule has 0 aliphatic rings. The molecule has 6 heteroatoms. The van der Waals surface area contributed by atoms with Gasteiger partial charge >= 0.3 is 0 Å². The minimum atomic E-state index is -0.802. The van der Waals surface area contributed by atoms with E-state index >= 15 is 0 Å². The Kier molecular flexibility index (Phi) is 4.70. The van der Waals surface area contributed by atoms with Gasteiger partial charge in [-0.1, -0.05) is 36.4 Å². The van der Waals surface area contributed by atoms with E-state index in [1.165, 1.54) is 6.92 Å². The van der Waals surface area contributed by atoms with Crippen molar-refractivity contribution in [2.24, 2.45) is 5.73 Å². The number of benzene rings is 2. The number of ether oxygens (including phenoxy) is 1. The number of hydrogen-bond acceptors (Lipinski definition) is 4. The van der Waals surface area contributed by atoms with Crippen LogP contribution in [0.5, 0.6) is 5.75 Å². The van der Waals surface area contributed by atoms with Crippen LogP contribution in [0.1, 0.15) is 23.0 Å². The van der Waals surface area contributed by atoms with Crippen LogP contribution in [-0.4, -0.2) is 17.9 Å². The number of para-hydroxylation sites is 2. The van der Waals surface area contributed by atoms with Crippen molar-refractivity contribution in [2.45, 2.75) is 19.6 Å². The Morgan fingerprint density at radius 1 is 1.12 bits per heavy atom. The molecule has 2 aromatic carbocycles. The molecule has 0 spiro atoms. The highest BCUT2D eigenvalue weighted by Gasteiger charge is 2.23. The van der Waals surface area contributed by atoms with Crippen LogP contribution >= 0.6 is 0 Å². The number of primary amides is 1. The van der Waals surface area contributed by atoms with E-state index in [1.807, 2.05) is 48.5 Å². The lowest BCUT2D eigenvalue weighted by Gasteiger charge is -2.10. The summed E-state index contributed by atoms with van der Waals surface area (Å²) in [6.45, 7) is 1.68. The molecule has 1 aromatic heterocycles. The van der Waals surface area contributed by atoms with E-state index in [2.05, 4.69) is 5.32 Å². The maximum atomic E-state index is 12.5. The number of carbonyl (C=O) groups excluding carboxylic acids is 2. The van der Waals surface area contributed by atoms with Crippen molar-refractivity contribution in [3.05, 3.63) is 65.9 Å². The molecule has 6 nitrogen and oxygen atoms in total. The second-order valence-corrected chi connectivity index (χ2v) is 5.61. The molecule has 0 radical (unpaired) electrons. The average Bonchev–Trinajstić information content (AvgIpc) is 2.99. The van der Waals surface area contributed by atoms with Crippen LogP contribution in [-0.2, 0) is 11.4 Å². The maximum Gasteiger partial charge on any atom is 0.288 e. The largest absolute Gasteiger partial charge is 0.489 e. The van der Waals surface area contributed by atoms with E-state index in [-0.39, 0.29) is 12.4 Å². The van der Waals surface area contributed by atoms with Gasteiger partial charge in [0, 0.05) is 10.9 Å². The van der Waals surface area contributed by atoms with Crippen LogP contribution in [0.3, 0.4) is 0 Å². The van der Waals surface area contributed by atoms with Crippen LogP contribution in [0, 0.1) is 0 Å². The molecule has 25 heavy (non-hydrogen) atoms. The summed E-state index contributed by atoms with van der Waals surface area (Å²) in [7, 11) is 0. The number of rotatable bonds is 6. The summed E-state index contributed by atoms with van der Waals surface area (Å²) in [6, 6.07) is 15.8. The van der Waals surface area contributed by atoms with Gasteiger partial charge in [-0.25, -0.2) is 0 Å². The second kappa shape index (κ2) is 7.09. The van der Waals surface area contributed by atoms with Gasteiger partial charge in [-0.3, -0.25) is 9.59 Å². The summed E-state index contributed by atoms with van der Waals surface area (Å²) in [5, 5.41) is 3.32. The van der Waals surface area contributed by atoms with E-state index < -0.39 is 17.9 Å². The van der Waals surface area contributed by atoms with E-state index in [9.17, 15) is 9.59 Å². The molecule has 0 saturated heterocycles. The fourth-order valence-electron chi connectivity index (χ4n) is 2.43. The monoisotopic (exact) mass is 338 g/mol. The van der Waals surface area contributed by atoms with Gasteiger partial charge < -0.3 is 20.2 Å². The highest BCUT2D eigenvalue weighted by molar-refractivity contribution is 6.00. The third-order valence-corrected chi connectivity index (χ3v) is 3.81. The fourth-order valence-corrected chi connectivity index (χ4v) is 2.43. The standard InChI is InChI=1S/C19H18N2O4/c1-12(18(20)22)21-19(23)17-15(11-24-13-7-3-2-4-8-13)14-9-5-6-10-16(14)25-17/h2-10,12H,11H2,1H3,(H2,20,22)(H,21,23). The van der Waals surface area contributed by atoms with E-state index in [4.69, 9.17) is 14.9 Å². The first-order valence-electron chi connectivity index (χ1n) is 7.84. The van der Waals surface area contributed by atoms with Crippen molar-refractivity contribution in [3.63, 3.8) is 0 Å². The molecule has 0 fully saturated rings. The zero-order chi connectivity index (χ0) is 17.8. The van der Waals surface area contributed by atoms with Crippen LogP contribution in [0.25, 0.3) is 11.0 Å². The van der Waals surface area contributed by atoms with Gasteiger partial charge in [0.15, 0.2) is 5.76 Å². The van der Waals surface area contributed by atoms with Gasteiger partial charge in [0.25, 0.3) is 5.91 Å². The highest BCUT2D eigenvalue weighted by Crippen LogP contribution is 2.27. The molecule has 0 saturated carbocycles. The molecule has 0 aliphatic heterocycles. The molecule has 3 N–H and O–H groups in total. The first-order chi connectivity index (χ1) is 12.1. The highest BCUT2D eigenvalue weighted by atomic mass is 16.5. The van der Waals surface area contributed by atoms with Crippen molar-refractivity contribution in [2.75, 3.05) is 0 Å². The number of furan rings is 1. The molecule has 1 unspecified atom stereocenters. The Bertz CT molecular complexity index is 902. The molecular weight excluding hydrogens is 320 g/mol. The Hall–Kier alpha value is -3.28. The normalized spacial score (nSPS) is 11.9. The van der Waals surface area contributed by atoms with Crippen LogP contribution in [0.4, 0.5) is 0 Å². The van der Waals surface area contributed by atoms with Gasteiger partial charge in [0.2, 0.25) is 5.91 Å². The van der Waals surface area contributed by atoms with Crippen LogP contribution in [0.2, 0.25) is 0 Å². The number of hydrogen-bond donors (Lipinski definition) is 2. The molecule has 128 valence electrons. The Morgan fingerprint density at radius 2 is 1.80 bits per heavy atom. The summed E-state index contributed by atoms with van der Waals surface area (Å²) in [5.41, 5.74) is 6.40. The lowest BCUT2D eigenvalue weighted by atomic mass is 10.1. The molecule has 3 rings (SSSR count). The van der Waals surface area contributed by atoms with Gasteiger partial charge in [-0.15, -0.1) is 0 Å². The van der Waals surface area contributed by atoms with Gasteiger partial charge in [-0.05, 0) is 25.1 Å². The lowest BCUT2D eigenvalue weighted by molar-refractivity contribution is -0.119. The minimum Gasteiger partial charge on any atom is -0.489 e. The number of nitrogens with two attached hydrogens (primary N) is 1. The van der Waals surface area contributed by atoms with Gasteiger partial charge in [0.1, 0.15) is 24.0 Å². The zero-order valence-corrected chi connectivity index (χ0v) is 13.7. The fraction of sp³-hybridized carbons (Fsp3) is 0.158. The quantitative estimate of drug-likeness (QED) is 0.722. The molecule has 0 aliphatic carbocycles. The van der Waals surface area contributed by atoms with E-state index in [1.54, 1.807) is 6.07 Å². The van der Waals surface area contributed by atoms with Crippen molar-refractivity contribution in [3.8, 4) is 5.75 Å². The predicted octanol–water partition coefficient (Wildman–Crippen LogP) is 2.62. The molecule has 1 atom stereocenters. The molecular formula is C19H18N2O4. The van der Waals surface area contributed by atoms with E-state index in [0.29, 0.717) is 16.9 Å². The average molecular weight is 338 g/mol. The smallest absolute Gasteiger partial charge is 0.288 e. The van der Waals surface area contributed by atoms with Gasteiger partial charge in [-0.2, -0.15) is 0 Å². The number of fused-ring (bicyclic) bond motifs is 1. The van der Waals surface area contributed by atoms with Crippen molar-refractivity contribution in [1.29, 1.82) is 0 Å². The minimum absolute atomic E-state index is 0.116. The summed E-state index contributed by atoms with van der Waals surface area (Å²) in [6.07, 6.45) is 0. The first kappa shape index (κ1) is 16.6. The Balaban J connectivity index is 1.91. The van der Waals surface area contributed by atoms with Crippen LogP contribution < -0.4 is 15.8 Å². The van der Waals surface area contributed by atoms with Crippen molar-refractivity contribution in [1.82, 2.24) is 5.32 Å². The summed E-state index contributed by atoms with van der Waals surface area (Å²) >= 11 is 0. The summed E-state index contributed by atoms with van der Waals surface area (Å²) in [4.78, 5) is 23.7. The predicted molar refractivity (Wildman–Crippen MR) is 93.1 cm³/mol. The molecule has 1 heterocycles. The van der Waals surface area contributed by atoms with Crippen molar-refractivity contribution < 1.29 is 18.7 Å². The molecule has 3 aromatic rings. The number of carbonyl (C=O) groups is 2. The van der Waals surface area contributed by atoms with Gasteiger partial charge in [0.05, 0.1) is 0 Å². The van der Waals surface area contributed by atoms with Crippen molar-refractivity contribution >= 4 is 22.8 Å². The Morgan fingerprint density at radius 3 is 2.52 bits per heavy atom. The summed E-state index contributed by atoms with van der Waals surface area (Å²) in [5.74, 6) is -0.324. The maximum absolute atomic E-state index is 12.5. The topological polar surface area (TPSA) is 94.6 Å². The lowest BCUT2D eigenvalue weighted by Crippen LogP contribution is -2.42.